The zero-order valence-corrected chi connectivity index (χ0v) is 19.4. The maximum Gasteiger partial charge on any atom is 0.266 e. The fourth-order valence-electron chi connectivity index (χ4n) is 5.47. The first-order chi connectivity index (χ1) is 16.2. The van der Waals surface area contributed by atoms with Crippen LogP contribution in [-0.4, -0.2) is 33.3 Å². The van der Waals surface area contributed by atoms with Crippen LogP contribution < -0.4 is 5.56 Å². The third kappa shape index (κ3) is 3.66. The Kier molecular flexibility index (Phi) is 5.25. The van der Waals surface area contributed by atoms with E-state index < -0.39 is 0 Å². The van der Waals surface area contributed by atoms with Gasteiger partial charge in [0.05, 0.1) is 10.9 Å². The molecule has 33 heavy (non-hydrogen) atoms. The number of aryl methyl sites for hydroxylation is 2. The molecule has 4 heterocycles. The van der Waals surface area contributed by atoms with E-state index in [1.807, 2.05) is 17.0 Å². The van der Waals surface area contributed by atoms with E-state index >= 15 is 0 Å². The van der Waals surface area contributed by atoms with Gasteiger partial charge in [-0.15, -0.1) is 11.3 Å². The highest BCUT2D eigenvalue weighted by molar-refractivity contribution is 7.18. The van der Waals surface area contributed by atoms with Crippen LogP contribution >= 0.6 is 11.3 Å². The standard InChI is InChI=1S/C27H27N3O2S/c31-26(29-15-12-19(13-16-29)17-18-7-2-1-3-8-18)21-10-6-14-30-24(21)28-25-23(27(30)32)20-9-4-5-11-22(20)33-25/h1-3,6-8,10,14,19H,4-5,9,11-13,15-17H2. The number of likely N-dealkylation sites (tertiary alicyclic amines) is 1. The number of carbonyl (C=O) groups excluding carboxylic acids is 1. The Balaban J connectivity index is 1.29. The van der Waals surface area contributed by atoms with Gasteiger partial charge < -0.3 is 4.90 Å². The highest BCUT2D eigenvalue weighted by atomic mass is 32.1. The number of hydrogen-bond donors (Lipinski definition) is 0. The number of carbonyl (C=O) groups is 1. The van der Waals surface area contributed by atoms with Gasteiger partial charge in [-0.2, -0.15) is 0 Å². The van der Waals surface area contributed by atoms with Gasteiger partial charge in [-0.3, -0.25) is 14.0 Å². The third-order valence-corrected chi connectivity index (χ3v) is 8.44. The summed E-state index contributed by atoms with van der Waals surface area (Å²) in [5.74, 6) is 0.584. The number of benzene rings is 1. The molecule has 2 aliphatic rings. The summed E-state index contributed by atoms with van der Waals surface area (Å²) in [6.45, 7) is 1.49. The van der Waals surface area contributed by atoms with E-state index in [4.69, 9.17) is 4.98 Å². The number of pyridine rings is 1. The molecular formula is C27H27N3O2S. The van der Waals surface area contributed by atoms with Crippen LogP contribution in [0.2, 0.25) is 0 Å². The van der Waals surface area contributed by atoms with Crippen LogP contribution in [0.25, 0.3) is 15.9 Å². The van der Waals surface area contributed by atoms with Gasteiger partial charge in [0.1, 0.15) is 4.83 Å². The van der Waals surface area contributed by atoms with Gasteiger partial charge in [0.15, 0.2) is 5.65 Å². The Bertz CT molecular complexity index is 1400. The zero-order chi connectivity index (χ0) is 22.4. The number of aromatic nitrogens is 2. The molecule has 3 aromatic heterocycles. The number of rotatable bonds is 3. The van der Waals surface area contributed by atoms with Crippen molar-refractivity contribution in [3.05, 3.63) is 80.6 Å². The first-order valence-electron chi connectivity index (χ1n) is 12.0. The number of nitrogens with zero attached hydrogens (tertiary/aromatic N) is 3. The molecule has 168 valence electrons. The first-order valence-corrected chi connectivity index (χ1v) is 12.8. The molecule has 0 bridgehead atoms. The van der Waals surface area contributed by atoms with Crippen LogP contribution in [0.3, 0.4) is 0 Å². The van der Waals surface area contributed by atoms with Crippen molar-refractivity contribution in [1.29, 1.82) is 0 Å². The monoisotopic (exact) mass is 457 g/mol. The van der Waals surface area contributed by atoms with E-state index in [0.717, 1.165) is 61.8 Å². The lowest BCUT2D eigenvalue weighted by Crippen LogP contribution is -2.39. The molecule has 1 saturated heterocycles. The lowest BCUT2D eigenvalue weighted by atomic mass is 9.90. The normalized spacial score (nSPS) is 16.9. The maximum absolute atomic E-state index is 13.5. The molecule has 0 atom stereocenters. The number of hydrogen-bond acceptors (Lipinski definition) is 4. The predicted octanol–water partition coefficient (Wildman–Crippen LogP) is 4.88. The molecule has 1 aromatic carbocycles. The molecule has 6 rings (SSSR count). The average Bonchev–Trinajstić information content (AvgIpc) is 3.23. The predicted molar refractivity (Wildman–Crippen MR) is 132 cm³/mol. The maximum atomic E-state index is 13.5. The molecule has 4 aromatic rings. The second-order valence-electron chi connectivity index (χ2n) is 9.35. The fraction of sp³-hybridized carbons (Fsp3) is 0.370. The van der Waals surface area contributed by atoms with Gasteiger partial charge >= 0.3 is 0 Å². The Labute approximate surface area is 196 Å². The van der Waals surface area contributed by atoms with E-state index in [-0.39, 0.29) is 11.5 Å². The van der Waals surface area contributed by atoms with E-state index in [9.17, 15) is 9.59 Å². The van der Waals surface area contributed by atoms with Crippen molar-refractivity contribution >= 4 is 33.1 Å². The molecule has 0 spiro atoms. The van der Waals surface area contributed by atoms with Crippen LogP contribution in [0, 0.1) is 5.92 Å². The van der Waals surface area contributed by atoms with E-state index in [1.165, 1.54) is 22.4 Å². The molecule has 1 aliphatic heterocycles. The Morgan fingerprint density at radius 1 is 1.03 bits per heavy atom. The van der Waals surface area contributed by atoms with Gasteiger partial charge in [-0.25, -0.2) is 4.98 Å². The molecule has 5 nitrogen and oxygen atoms in total. The summed E-state index contributed by atoms with van der Waals surface area (Å²) < 4.78 is 1.58. The van der Waals surface area contributed by atoms with Gasteiger partial charge in [0.2, 0.25) is 0 Å². The van der Waals surface area contributed by atoms with Crippen LogP contribution in [0.5, 0.6) is 0 Å². The van der Waals surface area contributed by atoms with E-state index in [2.05, 4.69) is 24.3 Å². The highest BCUT2D eigenvalue weighted by Crippen LogP contribution is 2.34. The Morgan fingerprint density at radius 2 is 1.82 bits per heavy atom. The third-order valence-electron chi connectivity index (χ3n) is 7.26. The van der Waals surface area contributed by atoms with Crippen molar-refractivity contribution < 1.29 is 4.79 Å². The van der Waals surface area contributed by atoms with Crippen molar-refractivity contribution in [2.75, 3.05) is 13.1 Å². The van der Waals surface area contributed by atoms with Gasteiger partial charge in [-0.05, 0) is 74.1 Å². The van der Waals surface area contributed by atoms with E-state index in [1.54, 1.807) is 28.0 Å². The molecule has 0 N–H and O–H groups in total. The second kappa shape index (κ2) is 8.41. The Morgan fingerprint density at radius 3 is 2.64 bits per heavy atom. The average molecular weight is 458 g/mol. The lowest BCUT2D eigenvalue weighted by molar-refractivity contribution is 0.0692. The summed E-state index contributed by atoms with van der Waals surface area (Å²) in [4.78, 5) is 35.8. The van der Waals surface area contributed by atoms with Crippen LogP contribution in [0.4, 0.5) is 0 Å². The molecule has 1 amide bonds. The topological polar surface area (TPSA) is 54.7 Å². The molecular weight excluding hydrogens is 430 g/mol. The minimum Gasteiger partial charge on any atom is -0.339 e. The van der Waals surface area contributed by atoms with Gasteiger partial charge in [-0.1, -0.05) is 30.3 Å². The molecule has 0 saturated carbocycles. The summed E-state index contributed by atoms with van der Waals surface area (Å²) in [6, 6.07) is 14.2. The van der Waals surface area contributed by atoms with Crippen LogP contribution in [-0.2, 0) is 19.3 Å². The zero-order valence-electron chi connectivity index (χ0n) is 18.6. The number of thiophene rings is 1. The summed E-state index contributed by atoms with van der Waals surface area (Å²) in [7, 11) is 0. The quantitative estimate of drug-likeness (QED) is 0.440. The SMILES string of the molecule is O=C(c1cccn2c(=O)c3c4c(sc3nc12)CCCC4)N1CCC(Cc2ccccc2)CC1. The summed E-state index contributed by atoms with van der Waals surface area (Å²) in [5, 5.41) is 0.763. The van der Waals surface area contributed by atoms with Crippen molar-refractivity contribution in [1.82, 2.24) is 14.3 Å². The molecule has 6 heteroatoms. The summed E-state index contributed by atoms with van der Waals surface area (Å²) >= 11 is 1.64. The molecule has 1 fully saturated rings. The van der Waals surface area contributed by atoms with Crippen molar-refractivity contribution in [2.24, 2.45) is 5.92 Å². The van der Waals surface area contributed by atoms with Crippen molar-refractivity contribution in [2.45, 2.75) is 44.9 Å². The molecule has 0 unspecified atom stereocenters. The minimum atomic E-state index is -0.0365. The first kappa shape index (κ1) is 20.6. The van der Waals surface area contributed by atoms with Crippen molar-refractivity contribution in [3.63, 3.8) is 0 Å². The number of amides is 1. The molecule has 0 radical (unpaired) electrons. The van der Waals surface area contributed by atoms with Crippen LogP contribution in [0.15, 0.2) is 53.5 Å². The van der Waals surface area contributed by atoms with Gasteiger partial charge in [0.25, 0.3) is 11.5 Å². The fourth-order valence-corrected chi connectivity index (χ4v) is 6.72. The number of fused-ring (bicyclic) bond motifs is 4. The Hall–Kier alpha value is -2.99. The minimum absolute atomic E-state index is 0.0150. The van der Waals surface area contributed by atoms with Gasteiger partial charge in [0, 0.05) is 24.2 Å². The highest BCUT2D eigenvalue weighted by Gasteiger charge is 2.27. The molecule has 1 aliphatic carbocycles. The summed E-state index contributed by atoms with van der Waals surface area (Å²) in [5.41, 5.74) is 3.54. The summed E-state index contributed by atoms with van der Waals surface area (Å²) in [6.07, 6.45) is 9.09. The van der Waals surface area contributed by atoms with E-state index in [0.29, 0.717) is 17.1 Å². The van der Waals surface area contributed by atoms with Crippen molar-refractivity contribution in [3.8, 4) is 0 Å². The largest absolute Gasteiger partial charge is 0.339 e. The number of piperidine rings is 1. The smallest absolute Gasteiger partial charge is 0.266 e. The lowest BCUT2D eigenvalue weighted by Gasteiger charge is -2.32. The second-order valence-corrected chi connectivity index (χ2v) is 10.4. The van der Waals surface area contributed by atoms with Crippen LogP contribution in [0.1, 0.15) is 52.0 Å².